The highest BCUT2D eigenvalue weighted by Gasteiger charge is 2.34. The van der Waals surface area contributed by atoms with E-state index in [1.807, 2.05) is 0 Å². The van der Waals surface area contributed by atoms with Crippen LogP contribution < -0.4 is 5.73 Å². The molecule has 0 aliphatic rings. The van der Waals surface area contributed by atoms with Gasteiger partial charge in [-0.15, -0.1) is 0 Å². The average Bonchev–Trinajstić information content (AvgIpc) is 2.03. The topological polar surface area (TPSA) is 38.9 Å². The number of rotatable bonds is 1. The summed E-state index contributed by atoms with van der Waals surface area (Å²) in [6, 6.07) is 0.646. The van der Waals surface area contributed by atoms with Crippen molar-refractivity contribution in [2.75, 3.05) is 0 Å². The van der Waals surface area contributed by atoms with Crippen LogP contribution in [0.2, 0.25) is 0 Å². The van der Waals surface area contributed by atoms with E-state index < -0.39 is 17.8 Å². The van der Waals surface area contributed by atoms with E-state index in [9.17, 15) is 13.2 Å². The molecule has 1 atom stereocenters. The highest BCUT2D eigenvalue weighted by Crippen LogP contribution is 2.32. The number of hydrogen-bond donors (Lipinski definition) is 1. The molecular weight excluding hydrogens is 181 g/mol. The Morgan fingerprint density at radius 2 is 2.08 bits per heavy atom. The van der Waals surface area contributed by atoms with Gasteiger partial charge in [0.15, 0.2) is 0 Å². The number of nitrogens with zero attached hydrogens (tertiary/aromatic N) is 1. The van der Waals surface area contributed by atoms with Gasteiger partial charge in [-0.25, -0.2) is 0 Å². The lowest BCUT2D eigenvalue weighted by Crippen LogP contribution is -2.15. The van der Waals surface area contributed by atoms with E-state index in [2.05, 4.69) is 4.98 Å². The summed E-state index contributed by atoms with van der Waals surface area (Å²) in [5.74, 6) is 0. The van der Waals surface area contributed by atoms with Gasteiger partial charge < -0.3 is 5.73 Å². The first-order valence-corrected chi connectivity index (χ1v) is 3.69. The Hall–Kier alpha value is -1.10. The van der Waals surface area contributed by atoms with Crippen LogP contribution in [0.4, 0.5) is 13.2 Å². The van der Waals surface area contributed by atoms with Crippen molar-refractivity contribution in [2.24, 2.45) is 5.73 Å². The van der Waals surface area contributed by atoms with Crippen molar-refractivity contribution in [3.05, 3.63) is 29.6 Å². The van der Waals surface area contributed by atoms with Crippen LogP contribution in [0.3, 0.4) is 0 Å². The largest absolute Gasteiger partial charge is 0.418 e. The number of hydrogen-bond acceptors (Lipinski definition) is 2. The van der Waals surface area contributed by atoms with Crippen molar-refractivity contribution >= 4 is 0 Å². The third-order valence-electron chi connectivity index (χ3n) is 1.65. The van der Waals surface area contributed by atoms with E-state index >= 15 is 0 Å². The first-order chi connectivity index (χ1) is 5.93. The molecule has 1 rings (SSSR count). The predicted molar refractivity (Wildman–Crippen MR) is 41.8 cm³/mol. The molecule has 0 bridgehead atoms. The molecule has 0 aliphatic carbocycles. The highest BCUT2D eigenvalue weighted by molar-refractivity contribution is 5.28. The van der Waals surface area contributed by atoms with Gasteiger partial charge in [0.25, 0.3) is 0 Å². The normalized spacial score (nSPS) is 14.2. The lowest BCUT2D eigenvalue weighted by molar-refractivity contribution is -0.138. The second kappa shape index (κ2) is 3.33. The average molecular weight is 190 g/mol. The van der Waals surface area contributed by atoms with Crippen LogP contribution in [0, 0.1) is 0 Å². The van der Waals surface area contributed by atoms with E-state index in [0.29, 0.717) is 0 Å². The summed E-state index contributed by atoms with van der Waals surface area (Å²) in [7, 11) is 0. The van der Waals surface area contributed by atoms with E-state index in [4.69, 9.17) is 5.73 Å². The Morgan fingerprint density at radius 1 is 1.46 bits per heavy atom. The molecule has 0 spiro atoms. The summed E-state index contributed by atoms with van der Waals surface area (Å²) in [6.45, 7) is 1.50. The van der Waals surface area contributed by atoms with E-state index in [-0.39, 0.29) is 5.56 Å². The van der Waals surface area contributed by atoms with Gasteiger partial charge in [-0.05, 0) is 18.6 Å². The monoisotopic (exact) mass is 190 g/mol. The Bertz CT molecular complexity index is 294. The SMILES string of the molecule is C[C@@H](N)c1ccncc1C(F)(F)F. The molecule has 2 nitrogen and oxygen atoms in total. The summed E-state index contributed by atoms with van der Waals surface area (Å²) < 4.78 is 36.9. The molecular formula is C8H9F3N2. The van der Waals surface area contributed by atoms with E-state index in [1.54, 1.807) is 0 Å². The second-order valence-corrected chi connectivity index (χ2v) is 2.75. The van der Waals surface area contributed by atoms with Crippen LogP contribution in [0.5, 0.6) is 0 Å². The van der Waals surface area contributed by atoms with Crippen molar-refractivity contribution in [1.82, 2.24) is 4.98 Å². The van der Waals surface area contributed by atoms with Gasteiger partial charge in [0, 0.05) is 18.4 Å². The maximum atomic E-state index is 12.3. The molecule has 0 unspecified atom stereocenters. The smallest absolute Gasteiger partial charge is 0.324 e. The third kappa shape index (κ3) is 2.18. The van der Waals surface area contributed by atoms with Gasteiger partial charge in [-0.3, -0.25) is 4.98 Å². The number of halogens is 3. The molecule has 13 heavy (non-hydrogen) atoms. The fraction of sp³-hybridized carbons (Fsp3) is 0.375. The van der Waals surface area contributed by atoms with Crippen molar-refractivity contribution in [1.29, 1.82) is 0 Å². The zero-order chi connectivity index (χ0) is 10.1. The Balaban J connectivity index is 3.20. The minimum atomic E-state index is -4.38. The number of pyridine rings is 1. The summed E-state index contributed by atoms with van der Waals surface area (Å²) >= 11 is 0. The summed E-state index contributed by atoms with van der Waals surface area (Å²) in [5, 5.41) is 0. The molecule has 2 N–H and O–H groups in total. The van der Waals surface area contributed by atoms with Gasteiger partial charge in [0.1, 0.15) is 0 Å². The Labute approximate surface area is 73.6 Å². The molecule has 1 aromatic heterocycles. The van der Waals surface area contributed by atoms with Crippen LogP contribution in [0.1, 0.15) is 24.1 Å². The molecule has 0 aromatic carbocycles. The minimum absolute atomic E-state index is 0.0718. The summed E-state index contributed by atoms with van der Waals surface area (Å²) in [5.41, 5.74) is 4.70. The van der Waals surface area contributed by atoms with Crippen LogP contribution in [0.15, 0.2) is 18.5 Å². The molecule has 0 saturated heterocycles. The van der Waals surface area contributed by atoms with E-state index in [0.717, 1.165) is 6.20 Å². The Kier molecular flexibility index (Phi) is 2.56. The van der Waals surface area contributed by atoms with Crippen LogP contribution in [0.25, 0.3) is 0 Å². The molecule has 1 heterocycles. The molecule has 0 amide bonds. The lowest BCUT2D eigenvalue weighted by Gasteiger charge is -2.13. The number of aromatic nitrogens is 1. The zero-order valence-corrected chi connectivity index (χ0v) is 6.97. The number of nitrogens with two attached hydrogens (primary N) is 1. The van der Waals surface area contributed by atoms with E-state index in [1.165, 1.54) is 19.2 Å². The molecule has 0 aliphatic heterocycles. The maximum absolute atomic E-state index is 12.3. The van der Waals surface area contributed by atoms with Gasteiger partial charge in [0.05, 0.1) is 5.56 Å². The minimum Gasteiger partial charge on any atom is -0.324 e. The molecule has 0 fully saturated rings. The van der Waals surface area contributed by atoms with Gasteiger partial charge in [-0.1, -0.05) is 0 Å². The fourth-order valence-corrected chi connectivity index (χ4v) is 1.04. The molecule has 0 saturated carbocycles. The Morgan fingerprint density at radius 3 is 2.46 bits per heavy atom. The maximum Gasteiger partial charge on any atom is 0.418 e. The van der Waals surface area contributed by atoms with Crippen LogP contribution in [-0.4, -0.2) is 4.98 Å². The standard InChI is InChI=1S/C8H9F3N2/c1-5(12)6-2-3-13-4-7(6)8(9,10)11/h2-5H,12H2,1H3/t5-/m1/s1. The summed E-state index contributed by atoms with van der Waals surface area (Å²) in [6.07, 6.45) is -2.29. The summed E-state index contributed by atoms with van der Waals surface area (Å²) in [4.78, 5) is 3.42. The first kappa shape index (κ1) is 9.98. The fourth-order valence-electron chi connectivity index (χ4n) is 1.04. The van der Waals surface area contributed by atoms with Crippen molar-refractivity contribution in [2.45, 2.75) is 19.1 Å². The van der Waals surface area contributed by atoms with Crippen molar-refractivity contribution in [3.63, 3.8) is 0 Å². The molecule has 5 heteroatoms. The molecule has 0 radical (unpaired) electrons. The van der Waals surface area contributed by atoms with Crippen molar-refractivity contribution in [3.8, 4) is 0 Å². The van der Waals surface area contributed by atoms with Gasteiger partial charge >= 0.3 is 6.18 Å². The lowest BCUT2D eigenvalue weighted by atomic mass is 10.0. The third-order valence-corrected chi connectivity index (χ3v) is 1.65. The number of alkyl halides is 3. The first-order valence-electron chi connectivity index (χ1n) is 3.69. The second-order valence-electron chi connectivity index (χ2n) is 2.75. The van der Waals surface area contributed by atoms with Gasteiger partial charge in [0.2, 0.25) is 0 Å². The quantitative estimate of drug-likeness (QED) is 0.736. The van der Waals surface area contributed by atoms with Crippen LogP contribution >= 0.6 is 0 Å². The molecule has 72 valence electrons. The predicted octanol–water partition coefficient (Wildman–Crippen LogP) is 2.12. The van der Waals surface area contributed by atoms with Crippen molar-refractivity contribution < 1.29 is 13.2 Å². The highest BCUT2D eigenvalue weighted by atomic mass is 19.4. The van der Waals surface area contributed by atoms with Gasteiger partial charge in [-0.2, -0.15) is 13.2 Å². The van der Waals surface area contributed by atoms with Crippen LogP contribution in [-0.2, 0) is 6.18 Å². The zero-order valence-electron chi connectivity index (χ0n) is 6.97. The molecule has 1 aromatic rings.